The minimum Gasteiger partial charge on any atom is -0.376 e. The Hall–Kier alpha value is -1.13. The molecule has 1 heterocycles. The van der Waals surface area contributed by atoms with E-state index in [-0.39, 0.29) is 0 Å². The van der Waals surface area contributed by atoms with Crippen LogP contribution < -0.4 is 10.6 Å². The fourth-order valence-electron chi connectivity index (χ4n) is 2.57. The maximum absolute atomic E-state index is 5.59. The first-order valence-corrected chi connectivity index (χ1v) is 7.92. The zero-order valence-corrected chi connectivity index (χ0v) is 13.2. The van der Waals surface area contributed by atoms with Gasteiger partial charge in [0.1, 0.15) is 0 Å². The first-order chi connectivity index (χ1) is 9.74. The molecule has 2 rings (SSSR count). The molecule has 0 radical (unpaired) electrons. The quantitative estimate of drug-likeness (QED) is 0.816. The van der Waals surface area contributed by atoms with Crippen molar-refractivity contribution >= 4 is 23.0 Å². The SMILES string of the molecule is CCc1cccc(CC)c1NC(=S)NC[C@@H]1CCCO1. The van der Waals surface area contributed by atoms with Gasteiger partial charge in [0.05, 0.1) is 6.10 Å². The van der Waals surface area contributed by atoms with E-state index in [0.717, 1.165) is 38.8 Å². The van der Waals surface area contributed by atoms with Crippen molar-refractivity contribution in [3.8, 4) is 0 Å². The fourth-order valence-corrected chi connectivity index (χ4v) is 2.76. The topological polar surface area (TPSA) is 33.3 Å². The Morgan fingerprint density at radius 2 is 2.00 bits per heavy atom. The van der Waals surface area contributed by atoms with Crippen molar-refractivity contribution in [2.45, 2.75) is 45.6 Å². The summed E-state index contributed by atoms with van der Waals surface area (Å²) in [4.78, 5) is 0. The van der Waals surface area contributed by atoms with Gasteiger partial charge >= 0.3 is 0 Å². The molecule has 0 aromatic heterocycles. The van der Waals surface area contributed by atoms with Crippen molar-refractivity contribution in [3.63, 3.8) is 0 Å². The van der Waals surface area contributed by atoms with E-state index in [4.69, 9.17) is 17.0 Å². The lowest BCUT2D eigenvalue weighted by Gasteiger charge is -2.18. The van der Waals surface area contributed by atoms with E-state index < -0.39 is 0 Å². The minimum atomic E-state index is 0.307. The summed E-state index contributed by atoms with van der Waals surface area (Å²) >= 11 is 5.41. The number of benzene rings is 1. The molecule has 1 aliphatic heterocycles. The second-order valence-electron chi connectivity index (χ2n) is 5.13. The van der Waals surface area contributed by atoms with Crippen molar-refractivity contribution in [2.75, 3.05) is 18.5 Å². The highest BCUT2D eigenvalue weighted by Crippen LogP contribution is 2.22. The highest BCUT2D eigenvalue weighted by molar-refractivity contribution is 7.80. The lowest BCUT2D eigenvalue weighted by molar-refractivity contribution is 0.114. The van der Waals surface area contributed by atoms with Crippen molar-refractivity contribution in [2.24, 2.45) is 0 Å². The lowest BCUT2D eigenvalue weighted by Crippen LogP contribution is -2.35. The molecular formula is C16H24N2OS. The van der Waals surface area contributed by atoms with Gasteiger partial charge in [-0.3, -0.25) is 0 Å². The van der Waals surface area contributed by atoms with Crippen LogP contribution in [0.15, 0.2) is 18.2 Å². The second kappa shape index (κ2) is 7.60. The van der Waals surface area contributed by atoms with Gasteiger partial charge in [-0.05, 0) is 49.0 Å². The molecule has 110 valence electrons. The molecule has 4 heteroatoms. The average Bonchev–Trinajstić information content (AvgIpc) is 2.98. The molecule has 1 atom stereocenters. The number of anilines is 1. The van der Waals surface area contributed by atoms with Crippen LogP contribution in [-0.4, -0.2) is 24.4 Å². The molecule has 1 aromatic carbocycles. The smallest absolute Gasteiger partial charge is 0.170 e. The molecule has 0 amide bonds. The molecule has 2 N–H and O–H groups in total. The summed E-state index contributed by atoms with van der Waals surface area (Å²) in [5.41, 5.74) is 3.79. The van der Waals surface area contributed by atoms with Crippen LogP contribution in [-0.2, 0) is 17.6 Å². The number of hydrogen-bond acceptors (Lipinski definition) is 2. The van der Waals surface area contributed by atoms with Crippen LogP contribution in [0.2, 0.25) is 0 Å². The largest absolute Gasteiger partial charge is 0.376 e. The summed E-state index contributed by atoms with van der Waals surface area (Å²) < 4.78 is 5.59. The van der Waals surface area contributed by atoms with Crippen LogP contribution in [0, 0.1) is 0 Å². The molecule has 0 unspecified atom stereocenters. The summed E-state index contributed by atoms with van der Waals surface area (Å²) in [7, 11) is 0. The maximum atomic E-state index is 5.59. The first-order valence-electron chi connectivity index (χ1n) is 7.51. The molecule has 20 heavy (non-hydrogen) atoms. The summed E-state index contributed by atoms with van der Waals surface area (Å²) in [6.45, 7) is 6.01. The van der Waals surface area contributed by atoms with Gasteiger partial charge in [-0.1, -0.05) is 32.0 Å². The van der Waals surface area contributed by atoms with Gasteiger partial charge in [0.25, 0.3) is 0 Å². The standard InChI is InChI=1S/C16H24N2OS/c1-3-12-7-5-8-13(4-2)15(12)18-16(20)17-11-14-9-6-10-19-14/h5,7-8,14H,3-4,6,9-11H2,1-2H3,(H2,17,18,20)/t14-/m0/s1. The molecule has 0 spiro atoms. The van der Waals surface area contributed by atoms with Gasteiger partial charge in [0.15, 0.2) is 5.11 Å². The zero-order valence-electron chi connectivity index (χ0n) is 12.4. The van der Waals surface area contributed by atoms with Gasteiger partial charge in [-0.15, -0.1) is 0 Å². The van der Waals surface area contributed by atoms with Crippen LogP contribution in [0.25, 0.3) is 0 Å². The Labute approximate surface area is 127 Å². The Balaban J connectivity index is 1.95. The number of hydrogen-bond donors (Lipinski definition) is 2. The molecule has 1 aliphatic rings. The molecule has 0 aliphatic carbocycles. The number of para-hydroxylation sites is 1. The van der Waals surface area contributed by atoms with Crippen molar-refractivity contribution < 1.29 is 4.74 Å². The predicted octanol–water partition coefficient (Wildman–Crippen LogP) is 3.28. The van der Waals surface area contributed by atoms with E-state index in [1.54, 1.807) is 0 Å². The number of aryl methyl sites for hydroxylation is 2. The lowest BCUT2D eigenvalue weighted by atomic mass is 10.0. The Morgan fingerprint density at radius 3 is 2.55 bits per heavy atom. The Bertz CT molecular complexity index is 434. The zero-order chi connectivity index (χ0) is 14.4. The van der Waals surface area contributed by atoms with Crippen LogP contribution in [0.3, 0.4) is 0 Å². The van der Waals surface area contributed by atoms with E-state index in [1.165, 1.54) is 16.8 Å². The Kier molecular flexibility index (Phi) is 5.80. The van der Waals surface area contributed by atoms with E-state index >= 15 is 0 Å². The summed E-state index contributed by atoms with van der Waals surface area (Å²) in [5.74, 6) is 0. The van der Waals surface area contributed by atoms with Crippen LogP contribution in [0.1, 0.15) is 37.8 Å². The summed E-state index contributed by atoms with van der Waals surface area (Å²) in [5, 5.41) is 7.33. The third-order valence-corrected chi connectivity index (χ3v) is 4.00. The first kappa shape index (κ1) is 15.3. The van der Waals surface area contributed by atoms with Crippen LogP contribution in [0.5, 0.6) is 0 Å². The van der Waals surface area contributed by atoms with Crippen LogP contribution >= 0.6 is 12.2 Å². The highest BCUT2D eigenvalue weighted by atomic mass is 32.1. The third-order valence-electron chi connectivity index (χ3n) is 3.75. The summed E-state index contributed by atoms with van der Waals surface area (Å²) in [6, 6.07) is 6.43. The monoisotopic (exact) mass is 292 g/mol. The molecule has 1 fully saturated rings. The molecular weight excluding hydrogens is 268 g/mol. The molecule has 3 nitrogen and oxygen atoms in total. The van der Waals surface area contributed by atoms with Gasteiger partial charge in [0, 0.05) is 18.8 Å². The van der Waals surface area contributed by atoms with Gasteiger partial charge in [0.2, 0.25) is 0 Å². The fraction of sp³-hybridized carbons (Fsp3) is 0.562. The van der Waals surface area contributed by atoms with E-state index in [2.05, 4.69) is 42.7 Å². The minimum absolute atomic E-state index is 0.307. The molecule has 1 aromatic rings. The average molecular weight is 292 g/mol. The Morgan fingerprint density at radius 1 is 1.30 bits per heavy atom. The highest BCUT2D eigenvalue weighted by Gasteiger charge is 2.15. The second-order valence-corrected chi connectivity index (χ2v) is 5.54. The van der Waals surface area contributed by atoms with Gasteiger partial charge in [-0.25, -0.2) is 0 Å². The van der Waals surface area contributed by atoms with Crippen molar-refractivity contribution in [1.29, 1.82) is 0 Å². The number of ether oxygens (including phenoxy) is 1. The molecule has 1 saturated heterocycles. The maximum Gasteiger partial charge on any atom is 0.170 e. The van der Waals surface area contributed by atoms with Crippen LogP contribution in [0.4, 0.5) is 5.69 Å². The van der Waals surface area contributed by atoms with Gasteiger partial charge in [-0.2, -0.15) is 0 Å². The van der Waals surface area contributed by atoms with E-state index in [0.29, 0.717) is 11.2 Å². The number of thiocarbonyl (C=S) groups is 1. The molecule has 0 saturated carbocycles. The van der Waals surface area contributed by atoms with Gasteiger partial charge < -0.3 is 15.4 Å². The van der Waals surface area contributed by atoms with E-state index in [9.17, 15) is 0 Å². The van der Waals surface area contributed by atoms with Crippen molar-refractivity contribution in [3.05, 3.63) is 29.3 Å². The normalized spacial score (nSPS) is 18.0. The number of nitrogens with one attached hydrogen (secondary N) is 2. The molecule has 0 bridgehead atoms. The number of rotatable bonds is 5. The summed E-state index contributed by atoms with van der Waals surface area (Å²) in [6.07, 6.45) is 4.60. The third kappa shape index (κ3) is 3.93. The van der Waals surface area contributed by atoms with E-state index in [1.807, 2.05) is 0 Å². The van der Waals surface area contributed by atoms with Crippen molar-refractivity contribution in [1.82, 2.24) is 5.32 Å². The predicted molar refractivity (Wildman–Crippen MR) is 88.4 cm³/mol.